The van der Waals surface area contributed by atoms with Crippen molar-refractivity contribution in [1.82, 2.24) is 15.0 Å². The van der Waals surface area contributed by atoms with Gasteiger partial charge in [0.1, 0.15) is 5.69 Å². The molecule has 1 unspecified atom stereocenters. The Morgan fingerprint density at radius 1 is 1.21 bits per heavy atom. The molecule has 1 aromatic carbocycles. The molecule has 2 heterocycles. The number of ether oxygens (including phenoxy) is 2. The second-order valence-corrected chi connectivity index (χ2v) is 7.67. The molecule has 1 fully saturated rings. The van der Waals surface area contributed by atoms with Gasteiger partial charge in [0.2, 0.25) is 0 Å². The van der Waals surface area contributed by atoms with Crippen LogP contribution in [0.2, 0.25) is 0 Å². The zero-order valence-corrected chi connectivity index (χ0v) is 14.9. The lowest BCUT2D eigenvalue weighted by atomic mass is 9.88. The van der Waals surface area contributed by atoms with E-state index < -0.39 is 0 Å². The van der Waals surface area contributed by atoms with Crippen molar-refractivity contribution < 1.29 is 9.47 Å². The number of hydrogen-bond acceptors (Lipinski definition) is 4. The van der Waals surface area contributed by atoms with E-state index in [0.29, 0.717) is 12.0 Å². The van der Waals surface area contributed by atoms with Gasteiger partial charge in [0.25, 0.3) is 0 Å². The highest BCUT2D eigenvalue weighted by Crippen LogP contribution is 2.21. The number of benzene rings is 1. The largest absolute Gasteiger partial charge is 0.353 e. The van der Waals surface area contributed by atoms with Crippen molar-refractivity contribution in [1.29, 1.82) is 0 Å². The summed E-state index contributed by atoms with van der Waals surface area (Å²) < 4.78 is 13.1. The van der Waals surface area contributed by atoms with Crippen molar-refractivity contribution in [2.45, 2.75) is 59.4 Å². The molecule has 1 aliphatic rings. The van der Waals surface area contributed by atoms with Crippen LogP contribution < -0.4 is 0 Å². The van der Waals surface area contributed by atoms with Gasteiger partial charge in [-0.2, -0.15) is 0 Å². The molecular formula is C19H27N3O2. The van der Waals surface area contributed by atoms with E-state index in [-0.39, 0.29) is 6.29 Å². The molecule has 2 aromatic rings. The molecule has 130 valence electrons. The average Bonchev–Trinajstić information content (AvgIpc) is 3.02. The fourth-order valence-corrected chi connectivity index (χ4v) is 2.89. The van der Waals surface area contributed by atoms with Gasteiger partial charge in [-0.15, -0.1) is 5.10 Å². The smallest absolute Gasteiger partial charge is 0.158 e. The van der Waals surface area contributed by atoms with Gasteiger partial charge in [0.05, 0.1) is 18.5 Å². The molecule has 24 heavy (non-hydrogen) atoms. The first kappa shape index (κ1) is 17.1. The van der Waals surface area contributed by atoms with Gasteiger partial charge in [0, 0.05) is 6.61 Å². The molecule has 5 heteroatoms. The van der Waals surface area contributed by atoms with E-state index in [0.717, 1.165) is 43.7 Å². The Bertz CT molecular complexity index is 637. The summed E-state index contributed by atoms with van der Waals surface area (Å²) in [5, 5.41) is 8.39. The predicted molar refractivity (Wildman–Crippen MR) is 92.9 cm³/mol. The topological polar surface area (TPSA) is 49.2 Å². The fraction of sp³-hybridized carbons (Fsp3) is 0.579. The van der Waals surface area contributed by atoms with E-state index in [1.807, 2.05) is 6.20 Å². The first-order valence-corrected chi connectivity index (χ1v) is 8.73. The Kier molecular flexibility index (Phi) is 5.31. The molecule has 1 aromatic heterocycles. The van der Waals surface area contributed by atoms with Gasteiger partial charge in [-0.1, -0.05) is 38.1 Å². The molecule has 0 spiro atoms. The van der Waals surface area contributed by atoms with Crippen molar-refractivity contribution in [2.75, 3.05) is 6.61 Å². The maximum Gasteiger partial charge on any atom is 0.158 e. The summed E-state index contributed by atoms with van der Waals surface area (Å²) in [7, 11) is 0. The quantitative estimate of drug-likeness (QED) is 0.835. The van der Waals surface area contributed by atoms with Crippen LogP contribution in [-0.2, 0) is 22.5 Å². The summed E-state index contributed by atoms with van der Waals surface area (Å²) in [4.78, 5) is 0. The van der Waals surface area contributed by atoms with Gasteiger partial charge in [-0.25, -0.2) is 4.68 Å². The molecule has 0 bridgehead atoms. The first-order valence-electron chi connectivity index (χ1n) is 8.73. The van der Waals surface area contributed by atoms with Crippen LogP contribution in [0.1, 0.15) is 51.3 Å². The lowest BCUT2D eigenvalue weighted by Gasteiger charge is -2.22. The van der Waals surface area contributed by atoms with Crippen LogP contribution in [0, 0.1) is 5.41 Å². The summed E-state index contributed by atoms with van der Waals surface area (Å²) >= 11 is 0. The van der Waals surface area contributed by atoms with Crippen LogP contribution in [0.3, 0.4) is 0 Å². The normalized spacial score (nSPS) is 18.7. The van der Waals surface area contributed by atoms with Crippen molar-refractivity contribution in [2.24, 2.45) is 5.41 Å². The van der Waals surface area contributed by atoms with Crippen molar-refractivity contribution >= 4 is 0 Å². The second-order valence-electron chi connectivity index (χ2n) is 7.67. The molecule has 0 saturated carbocycles. The minimum absolute atomic E-state index is 0.0967. The SMILES string of the molecule is CC(C)(C)Cc1ccc(-n2cc(COC3CCCCO3)nn2)cc1. The summed E-state index contributed by atoms with van der Waals surface area (Å²) in [5.74, 6) is 0. The zero-order chi connectivity index (χ0) is 17.0. The maximum atomic E-state index is 5.75. The lowest BCUT2D eigenvalue weighted by Crippen LogP contribution is -2.22. The van der Waals surface area contributed by atoms with Crippen molar-refractivity contribution in [3.8, 4) is 5.69 Å². The third-order valence-corrected chi connectivity index (χ3v) is 4.03. The van der Waals surface area contributed by atoms with Crippen molar-refractivity contribution in [3.63, 3.8) is 0 Å². The lowest BCUT2D eigenvalue weighted by molar-refractivity contribution is -0.169. The minimum atomic E-state index is -0.0967. The Hall–Kier alpha value is -1.72. The Morgan fingerprint density at radius 3 is 2.67 bits per heavy atom. The Morgan fingerprint density at radius 2 is 2.00 bits per heavy atom. The molecule has 0 N–H and O–H groups in total. The van der Waals surface area contributed by atoms with Gasteiger partial charge in [-0.3, -0.25) is 0 Å². The van der Waals surface area contributed by atoms with Crippen LogP contribution >= 0.6 is 0 Å². The highest BCUT2D eigenvalue weighted by molar-refractivity contribution is 5.34. The Labute approximate surface area is 144 Å². The molecule has 1 saturated heterocycles. The van der Waals surface area contributed by atoms with Gasteiger partial charge in [-0.05, 0) is 48.8 Å². The third kappa shape index (κ3) is 4.89. The van der Waals surface area contributed by atoms with Crippen LogP contribution in [0.15, 0.2) is 30.5 Å². The third-order valence-electron chi connectivity index (χ3n) is 4.03. The van der Waals surface area contributed by atoms with E-state index in [4.69, 9.17) is 9.47 Å². The molecule has 3 rings (SSSR count). The summed E-state index contributed by atoms with van der Waals surface area (Å²) in [6, 6.07) is 8.50. The minimum Gasteiger partial charge on any atom is -0.353 e. The van der Waals surface area contributed by atoms with Crippen LogP contribution in [0.25, 0.3) is 5.69 Å². The van der Waals surface area contributed by atoms with Gasteiger partial charge < -0.3 is 9.47 Å². The zero-order valence-electron chi connectivity index (χ0n) is 14.9. The Balaban J connectivity index is 1.58. The molecule has 0 aliphatic carbocycles. The van der Waals surface area contributed by atoms with E-state index in [9.17, 15) is 0 Å². The van der Waals surface area contributed by atoms with Gasteiger partial charge >= 0.3 is 0 Å². The first-order chi connectivity index (χ1) is 11.5. The van der Waals surface area contributed by atoms with E-state index >= 15 is 0 Å². The fourth-order valence-electron chi connectivity index (χ4n) is 2.89. The number of hydrogen-bond donors (Lipinski definition) is 0. The summed E-state index contributed by atoms with van der Waals surface area (Å²) in [5.41, 5.74) is 3.47. The number of aromatic nitrogens is 3. The predicted octanol–water partition coefficient (Wildman–Crippen LogP) is 3.90. The molecule has 1 aliphatic heterocycles. The van der Waals surface area contributed by atoms with Crippen LogP contribution in [0.4, 0.5) is 0 Å². The standard InChI is InChI=1S/C19H27N3O2/c1-19(2,3)12-15-7-9-17(10-8-15)22-13-16(20-21-22)14-24-18-6-4-5-11-23-18/h7-10,13,18H,4-6,11-12,14H2,1-3H3. The maximum absolute atomic E-state index is 5.75. The number of rotatable bonds is 5. The number of nitrogens with zero attached hydrogens (tertiary/aromatic N) is 3. The molecule has 0 radical (unpaired) electrons. The van der Waals surface area contributed by atoms with Crippen LogP contribution in [-0.4, -0.2) is 27.9 Å². The summed E-state index contributed by atoms with van der Waals surface area (Å²) in [6.07, 6.45) is 6.14. The molecule has 0 amide bonds. The molecule has 1 atom stereocenters. The monoisotopic (exact) mass is 329 g/mol. The molecular weight excluding hydrogens is 302 g/mol. The average molecular weight is 329 g/mol. The highest BCUT2D eigenvalue weighted by Gasteiger charge is 2.15. The summed E-state index contributed by atoms with van der Waals surface area (Å²) in [6.45, 7) is 7.98. The van der Waals surface area contributed by atoms with E-state index in [1.54, 1.807) is 4.68 Å². The second kappa shape index (κ2) is 7.45. The highest BCUT2D eigenvalue weighted by atomic mass is 16.7. The van der Waals surface area contributed by atoms with Crippen molar-refractivity contribution in [3.05, 3.63) is 41.7 Å². The van der Waals surface area contributed by atoms with E-state index in [1.165, 1.54) is 5.56 Å². The van der Waals surface area contributed by atoms with Gasteiger partial charge in [0.15, 0.2) is 6.29 Å². The van der Waals surface area contributed by atoms with E-state index in [2.05, 4.69) is 55.3 Å². The van der Waals surface area contributed by atoms with Crippen LogP contribution in [0.5, 0.6) is 0 Å². The molecule has 5 nitrogen and oxygen atoms in total.